The minimum atomic E-state index is 0.469. The maximum absolute atomic E-state index is 9.67. The van der Waals surface area contributed by atoms with Crippen molar-refractivity contribution in [2.24, 2.45) is 0 Å². The van der Waals surface area contributed by atoms with Gasteiger partial charge in [0.15, 0.2) is 0 Å². The van der Waals surface area contributed by atoms with Crippen LogP contribution in [-0.2, 0) is 4.74 Å². The number of allylic oxidation sites excluding steroid dienone is 2. The van der Waals surface area contributed by atoms with Crippen molar-refractivity contribution < 1.29 is 9.94 Å². The van der Waals surface area contributed by atoms with E-state index >= 15 is 0 Å². The smallest absolute Gasteiger partial charge is 0.0737 e. The molecule has 0 aliphatic heterocycles. The maximum Gasteiger partial charge on any atom is 0.0737 e. The third-order valence-electron chi connectivity index (χ3n) is 1.94. The van der Waals surface area contributed by atoms with Crippen molar-refractivity contribution in [3.8, 4) is 0 Å². The largest absolute Gasteiger partial charge is 0.377 e. The lowest BCUT2D eigenvalue weighted by Crippen LogP contribution is -2.19. The average Bonchev–Trinajstić information content (AvgIpc) is 2.27. The number of rotatable bonds is 7. The Hall–Kier alpha value is -1.06. The fourth-order valence-corrected chi connectivity index (χ4v) is 1.14. The van der Waals surface area contributed by atoms with Crippen LogP contribution in [0.1, 0.15) is 20.8 Å². The lowest BCUT2D eigenvalue weighted by atomic mass is 10.2. The van der Waals surface area contributed by atoms with Crippen LogP contribution in [0.5, 0.6) is 0 Å². The zero-order chi connectivity index (χ0) is 11.7. The fourth-order valence-electron chi connectivity index (χ4n) is 1.14. The van der Waals surface area contributed by atoms with E-state index in [-0.39, 0.29) is 0 Å². The first-order chi connectivity index (χ1) is 7.21. The van der Waals surface area contributed by atoms with E-state index in [1.54, 1.807) is 6.08 Å². The highest BCUT2D eigenvalue weighted by Crippen LogP contribution is 2.12. The van der Waals surface area contributed by atoms with Crippen LogP contribution >= 0.6 is 0 Å². The number of hydrogen-bond acceptors (Lipinski definition) is 3. The zero-order valence-electron chi connectivity index (χ0n) is 9.86. The zero-order valence-corrected chi connectivity index (χ0v) is 9.86. The highest BCUT2D eigenvalue weighted by molar-refractivity contribution is 5.30. The first-order valence-electron chi connectivity index (χ1n) is 5.23. The normalized spacial score (nSPS) is 12.8. The minimum absolute atomic E-state index is 0.469. The lowest BCUT2D eigenvalue weighted by Gasteiger charge is -2.19. The molecule has 0 heterocycles. The molecule has 1 N–H and O–H groups in total. The van der Waals surface area contributed by atoms with Crippen molar-refractivity contribution in [1.82, 2.24) is 5.06 Å². The number of hydrogen-bond donors (Lipinski definition) is 1. The Morgan fingerprint density at radius 2 is 2.13 bits per heavy atom. The number of ether oxygens (including phenoxy) is 1. The van der Waals surface area contributed by atoms with Crippen LogP contribution in [0, 0.1) is 0 Å². The summed E-state index contributed by atoms with van der Waals surface area (Å²) in [6, 6.07) is 0. The second-order valence-electron chi connectivity index (χ2n) is 2.97. The van der Waals surface area contributed by atoms with E-state index in [0.29, 0.717) is 19.8 Å². The summed E-state index contributed by atoms with van der Waals surface area (Å²) in [6.07, 6.45) is 5.44. The Bertz CT molecular complexity index is 244. The van der Waals surface area contributed by atoms with Crippen LogP contribution in [0.3, 0.4) is 0 Å². The van der Waals surface area contributed by atoms with E-state index in [1.807, 2.05) is 32.9 Å². The molecule has 0 radical (unpaired) electrons. The standard InChI is InChI=1S/C12H21NO2/c1-5-9-12(13(14)7-3)11(6-2)10-15-8-4/h5-6,9,14H,2,7-8,10H2,1,3-4H3/b9-5-,12-11-. The van der Waals surface area contributed by atoms with Gasteiger partial charge < -0.3 is 4.74 Å². The molecule has 0 rings (SSSR count). The van der Waals surface area contributed by atoms with Gasteiger partial charge in [-0.05, 0) is 26.8 Å². The molecule has 0 saturated heterocycles. The number of nitrogens with zero attached hydrogens (tertiary/aromatic N) is 1. The molecule has 0 aliphatic carbocycles. The van der Waals surface area contributed by atoms with Crippen molar-refractivity contribution in [3.63, 3.8) is 0 Å². The van der Waals surface area contributed by atoms with Gasteiger partial charge >= 0.3 is 0 Å². The third-order valence-corrected chi connectivity index (χ3v) is 1.94. The molecule has 0 unspecified atom stereocenters. The molecule has 86 valence electrons. The summed E-state index contributed by atoms with van der Waals surface area (Å²) in [5.74, 6) is 0. The molecule has 0 aromatic rings. The summed E-state index contributed by atoms with van der Waals surface area (Å²) in [7, 11) is 0. The summed E-state index contributed by atoms with van der Waals surface area (Å²) in [6.45, 7) is 11.1. The second kappa shape index (κ2) is 8.26. The predicted molar refractivity (Wildman–Crippen MR) is 62.7 cm³/mol. The molecule has 0 aromatic carbocycles. The third kappa shape index (κ3) is 4.81. The molecule has 0 bridgehead atoms. The van der Waals surface area contributed by atoms with Gasteiger partial charge in [0, 0.05) is 18.7 Å². The minimum Gasteiger partial charge on any atom is -0.377 e. The lowest BCUT2D eigenvalue weighted by molar-refractivity contribution is -0.0476. The van der Waals surface area contributed by atoms with Crippen LogP contribution in [0.25, 0.3) is 0 Å². The average molecular weight is 211 g/mol. The molecule has 3 heteroatoms. The topological polar surface area (TPSA) is 32.7 Å². The summed E-state index contributed by atoms with van der Waals surface area (Å²) >= 11 is 0. The molecule has 3 nitrogen and oxygen atoms in total. The van der Waals surface area contributed by atoms with Crippen LogP contribution in [-0.4, -0.2) is 30.0 Å². The molecular formula is C12H21NO2. The molecular weight excluding hydrogens is 190 g/mol. The van der Waals surface area contributed by atoms with Crippen molar-refractivity contribution >= 4 is 0 Å². The number of likely N-dealkylation sites (N-methyl/N-ethyl adjacent to an activating group) is 1. The Labute approximate surface area is 92.3 Å². The van der Waals surface area contributed by atoms with E-state index in [0.717, 1.165) is 11.3 Å². The monoisotopic (exact) mass is 211 g/mol. The second-order valence-corrected chi connectivity index (χ2v) is 2.97. The molecule has 0 amide bonds. The number of hydroxylamine groups is 2. The fraction of sp³-hybridized carbons (Fsp3) is 0.500. The highest BCUT2D eigenvalue weighted by atomic mass is 16.5. The summed E-state index contributed by atoms with van der Waals surface area (Å²) in [5.41, 5.74) is 1.63. The van der Waals surface area contributed by atoms with Gasteiger partial charge in [0.05, 0.1) is 12.3 Å². The van der Waals surface area contributed by atoms with Gasteiger partial charge in [0.25, 0.3) is 0 Å². The maximum atomic E-state index is 9.67. The quantitative estimate of drug-likeness (QED) is 0.519. The molecule has 0 saturated carbocycles. The highest BCUT2D eigenvalue weighted by Gasteiger charge is 2.06. The van der Waals surface area contributed by atoms with Crippen LogP contribution < -0.4 is 0 Å². The van der Waals surface area contributed by atoms with E-state index < -0.39 is 0 Å². The Morgan fingerprint density at radius 1 is 1.47 bits per heavy atom. The molecule has 0 aromatic heterocycles. The summed E-state index contributed by atoms with van der Waals surface area (Å²) in [5, 5.41) is 10.9. The summed E-state index contributed by atoms with van der Waals surface area (Å²) in [4.78, 5) is 0. The first-order valence-corrected chi connectivity index (χ1v) is 5.23. The van der Waals surface area contributed by atoms with Gasteiger partial charge in [0.1, 0.15) is 0 Å². The van der Waals surface area contributed by atoms with Gasteiger partial charge in [-0.15, -0.1) is 0 Å². The van der Waals surface area contributed by atoms with E-state index in [2.05, 4.69) is 6.58 Å². The van der Waals surface area contributed by atoms with Crippen molar-refractivity contribution in [2.75, 3.05) is 19.8 Å². The Kier molecular flexibility index (Phi) is 7.68. The van der Waals surface area contributed by atoms with Gasteiger partial charge in [0.2, 0.25) is 0 Å². The molecule has 0 spiro atoms. The Morgan fingerprint density at radius 3 is 2.53 bits per heavy atom. The van der Waals surface area contributed by atoms with E-state index in [9.17, 15) is 5.21 Å². The first kappa shape index (κ1) is 13.9. The SMILES string of the molecule is C=C/C(COCC)=C(\C=C/C)N(O)CC. The Balaban J connectivity index is 4.89. The van der Waals surface area contributed by atoms with Crippen molar-refractivity contribution in [1.29, 1.82) is 0 Å². The van der Waals surface area contributed by atoms with Gasteiger partial charge in [-0.25, -0.2) is 0 Å². The van der Waals surface area contributed by atoms with Gasteiger partial charge in [-0.1, -0.05) is 18.7 Å². The molecule has 0 aliphatic rings. The van der Waals surface area contributed by atoms with Gasteiger partial charge in [-0.3, -0.25) is 10.3 Å². The van der Waals surface area contributed by atoms with Gasteiger partial charge in [-0.2, -0.15) is 0 Å². The molecule has 15 heavy (non-hydrogen) atoms. The summed E-state index contributed by atoms with van der Waals surface area (Å²) < 4.78 is 5.31. The molecule has 0 atom stereocenters. The van der Waals surface area contributed by atoms with E-state index in [4.69, 9.17) is 4.74 Å². The van der Waals surface area contributed by atoms with Crippen LogP contribution in [0.4, 0.5) is 0 Å². The van der Waals surface area contributed by atoms with Crippen molar-refractivity contribution in [3.05, 3.63) is 36.1 Å². The predicted octanol–water partition coefficient (Wildman–Crippen LogP) is 2.75. The van der Waals surface area contributed by atoms with Crippen molar-refractivity contribution in [2.45, 2.75) is 20.8 Å². The molecule has 0 fully saturated rings. The van der Waals surface area contributed by atoms with Crippen LogP contribution in [0.15, 0.2) is 36.1 Å². The van der Waals surface area contributed by atoms with Crippen LogP contribution in [0.2, 0.25) is 0 Å². The van der Waals surface area contributed by atoms with E-state index in [1.165, 1.54) is 5.06 Å².